The summed E-state index contributed by atoms with van der Waals surface area (Å²) in [5.74, 6) is -2.89. The van der Waals surface area contributed by atoms with E-state index in [4.69, 9.17) is 10.2 Å². The molecule has 0 unspecified atom stereocenters. The van der Waals surface area contributed by atoms with Gasteiger partial charge in [0.25, 0.3) is 0 Å². The third-order valence-electron chi connectivity index (χ3n) is 1.89. The van der Waals surface area contributed by atoms with Gasteiger partial charge in [-0.3, -0.25) is 9.59 Å². The van der Waals surface area contributed by atoms with Crippen LogP contribution in [0.5, 0.6) is 0 Å². The lowest BCUT2D eigenvalue weighted by atomic mass is 10.1. The van der Waals surface area contributed by atoms with Crippen molar-refractivity contribution in [1.29, 1.82) is 0 Å². The van der Waals surface area contributed by atoms with Crippen molar-refractivity contribution < 1.29 is 38.9 Å². The van der Waals surface area contributed by atoms with E-state index in [9.17, 15) is 19.2 Å². The van der Waals surface area contributed by atoms with Crippen molar-refractivity contribution in [3.05, 3.63) is 0 Å². The largest absolute Gasteiger partial charge is 0.480 e. The summed E-state index contributed by atoms with van der Waals surface area (Å²) in [5, 5.41) is 16.5. The molecule has 0 heterocycles. The second-order valence-electron chi connectivity index (χ2n) is 3.70. The van der Waals surface area contributed by atoms with Crippen LogP contribution in [-0.4, -0.2) is 60.1 Å². The predicted molar refractivity (Wildman–Crippen MR) is 60.8 cm³/mol. The highest BCUT2D eigenvalue weighted by Crippen LogP contribution is 1.99. The number of ether oxygens (including phenoxy) is 2. The highest BCUT2D eigenvalue weighted by molar-refractivity contribution is 5.82. The molecule has 0 saturated heterocycles. The van der Waals surface area contributed by atoms with E-state index < -0.39 is 25.2 Å². The Labute approximate surface area is 109 Å². The highest BCUT2D eigenvalue weighted by atomic mass is 16.5. The molecule has 0 aliphatic rings. The van der Waals surface area contributed by atoms with Gasteiger partial charge in [-0.15, -0.1) is 0 Å². The molecule has 0 atom stereocenters. The van der Waals surface area contributed by atoms with Gasteiger partial charge in [-0.2, -0.15) is 0 Å². The summed E-state index contributed by atoms with van der Waals surface area (Å²) < 4.78 is 9.16. The van der Waals surface area contributed by atoms with Crippen LogP contribution in [0.1, 0.15) is 19.3 Å². The second-order valence-corrected chi connectivity index (χ2v) is 3.70. The fourth-order valence-electron chi connectivity index (χ4n) is 1.13. The number of carboxylic acid groups (broad SMARTS) is 2. The topological polar surface area (TPSA) is 127 Å². The average molecular weight is 276 g/mol. The van der Waals surface area contributed by atoms with Crippen LogP contribution in [-0.2, 0) is 28.7 Å². The van der Waals surface area contributed by atoms with E-state index in [2.05, 4.69) is 9.47 Å². The van der Waals surface area contributed by atoms with Crippen molar-refractivity contribution in [3.63, 3.8) is 0 Å². The number of carboxylic acids is 2. The SMILES string of the molecule is O=C(O)COCC(=O)CCCC(=O)COCC(=O)O. The Kier molecular flexibility index (Phi) is 9.19. The van der Waals surface area contributed by atoms with Gasteiger partial charge in [-0.1, -0.05) is 0 Å². The van der Waals surface area contributed by atoms with Gasteiger partial charge in [0, 0.05) is 12.8 Å². The van der Waals surface area contributed by atoms with Gasteiger partial charge in [-0.25, -0.2) is 9.59 Å². The molecule has 0 rings (SSSR count). The first-order valence-corrected chi connectivity index (χ1v) is 5.54. The summed E-state index contributed by atoms with van der Waals surface area (Å²) in [6, 6.07) is 0. The van der Waals surface area contributed by atoms with Gasteiger partial charge < -0.3 is 19.7 Å². The maximum atomic E-state index is 11.2. The first-order valence-electron chi connectivity index (χ1n) is 5.54. The molecule has 0 spiro atoms. The van der Waals surface area contributed by atoms with Crippen LogP contribution >= 0.6 is 0 Å². The van der Waals surface area contributed by atoms with Crippen molar-refractivity contribution in [1.82, 2.24) is 0 Å². The van der Waals surface area contributed by atoms with Gasteiger partial charge in [0.05, 0.1) is 0 Å². The number of Topliss-reactive ketones (excluding diaryl/α,β-unsaturated/α-hetero) is 2. The van der Waals surface area contributed by atoms with E-state index in [-0.39, 0.29) is 37.6 Å². The lowest BCUT2D eigenvalue weighted by Gasteiger charge is -2.02. The summed E-state index contributed by atoms with van der Waals surface area (Å²) in [6.45, 7) is -1.66. The molecule has 8 nitrogen and oxygen atoms in total. The molecule has 0 radical (unpaired) electrons. The second kappa shape index (κ2) is 10.2. The Bertz CT molecular complexity index is 304. The number of hydrogen-bond donors (Lipinski definition) is 2. The van der Waals surface area contributed by atoms with Crippen molar-refractivity contribution in [2.24, 2.45) is 0 Å². The van der Waals surface area contributed by atoms with Crippen molar-refractivity contribution in [3.8, 4) is 0 Å². The maximum Gasteiger partial charge on any atom is 0.329 e. The average Bonchev–Trinajstić information content (AvgIpc) is 2.27. The lowest BCUT2D eigenvalue weighted by Crippen LogP contribution is -2.16. The van der Waals surface area contributed by atoms with E-state index in [1.807, 2.05) is 0 Å². The molecule has 108 valence electrons. The van der Waals surface area contributed by atoms with E-state index in [0.717, 1.165) is 0 Å². The highest BCUT2D eigenvalue weighted by Gasteiger charge is 2.08. The molecule has 8 heteroatoms. The Morgan fingerprint density at radius 3 is 1.37 bits per heavy atom. The maximum absolute atomic E-state index is 11.2. The summed E-state index contributed by atoms with van der Waals surface area (Å²) in [7, 11) is 0. The standard InChI is InChI=1S/C11H16O8/c12-8(4-18-6-10(14)15)2-1-3-9(13)5-19-7-11(16)17/h1-7H2,(H,14,15)(H,16,17). The van der Waals surface area contributed by atoms with Crippen LogP contribution in [0.2, 0.25) is 0 Å². The zero-order chi connectivity index (χ0) is 14.7. The van der Waals surface area contributed by atoms with Gasteiger partial charge in [-0.05, 0) is 6.42 Å². The molecule has 0 aliphatic carbocycles. The third-order valence-corrected chi connectivity index (χ3v) is 1.89. The van der Waals surface area contributed by atoms with Gasteiger partial charge in [0.2, 0.25) is 0 Å². The first kappa shape index (κ1) is 17.2. The molecular formula is C11H16O8. The minimum atomic E-state index is -1.15. The summed E-state index contributed by atoms with van der Waals surface area (Å²) in [5.41, 5.74) is 0. The molecule has 0 bridgehead atoms. The molecule has 19 heavy (non-hydrogen) atoms. The fraction of sp³-hybridized carbons (Fsp3) is 0.636. The normalized spacial score (nSPS) is 10.1. The van der Waals surface area contributed by atoms with Crippen molar-refractivity contribution in [2.45, 2.75) is 19.3 Å². The zero-order valence-corrected chi connectivity index (χ0v) is 10.3. The summed E-state index contributed by atoms with van der Waals surface area (Å²) in [4.78, 5) is 42.5. The third kappa shape index (κ3) is 12.4. The Morgan fingerprint density at radius 1 is 0.684 bits per heavy atom. The lowest BCUT2D eigenvalue weighted by molar-refractivity contribution is -0.144. The van der Waals surface area contributed by atoms with Crippen LogP contribution in [0.15, 0.2) is 0 Å². The molecule has 0 aromatic carbocycles. The van der Waals surface area contributed by atoms with Crippen LogP contribution in [0.4, 0.5) is 0 Å². The zero-order valence-electron chi connectivity index (χ0n) is 10.3. The van der Waals surface area contributed by atoms with Crippen LogP contribution < -0.4 is 0 Å². The Hall–Kier alpha value is -1.80. The number of carbonyl (C=O) groups is 4. The van der Waals surface area contributed by atoms with Crippen molar-refractivity contribution >= 4 is 23.5 Å². The summed E-state index contributed by atoms with van der Waals surface area (Å²) in [6.07, 6.45) is 0.499. The number of ketones is 2. The van der Waals surface area contributed by atoms with Crippen LogP contribution in [0, 0.1) is 0 Å². The summed E-state index contributed by atoms with van der Waals surface area (Å²) >= 11 is 0. The minimum Gasteiger partial charge on any atom is -0.480 e. The number of aliphatic carboxylic acids is 2. The molecule has 0 saturated carbocycles. The van der Waals surface area contributed by atoms with Gasteiger partial charge >= 0.3 is 11.9 Å². The number of carbonyl (C=O) groups excluding carboxylic acids is 2. The molecule has 0 fully saturated rings. The smallest absolute Gasteiger partial charge is 0.329 e. The molecule has 2 N–H and O–H groups in total. The van der Waals surface area contributed by atoms with E-state index in [1.54, 1.807) is 0 Å². The van der Waals surface area contributed by atoms with Gasteiger partial charge in [0.1, 0.15) is 26.4 Å². The monoisotopic (exact) mass is 276 g/mol. The Balaban J connectivity index is 3.50. The quantitative estimate of drug-likeness (QED) is 0.488. The number of hydrogen-bond acceptors (Lipinski definition) is 6. The Morgan fingerprint density at radius 2 is 1.05 bits per heavy atom. The molecule has 0 amide bonds. The molecule has 0 aromatic heterocycles. The van der Waals surface area contributed by atoms with E-state index >= 15 is 0 Å². The molecular weight excluding hydrogens is 260 g/mol. The first-order chi connectivity index (χ1) is 8.91. The van der Waals surface area contributed by atoms with Crippen LogP contribution in [0.3, 0.4) is 0 Å². The fourth-order valence-corrected chi connectivity index (χ4v) is 1.13. The predicted octanol–water partition coefficient (Wildman–Crippen LogP) is -0.503. The van der Waals surface area contributed by atoms with Crippen LogP contribution in [0.25, 0.3) is 0 Å². The van der Waals surface area contributed by atoms with E-state index in [0.29, 0.717) is 6.42 Å². The van der Waals surface area contributed by atoms with E-state index in [1.165, 1.54) is 0 Å². The van der Waals surface area contributed by atoms with Crippen molar-refractivity contribution in [2.75, 3.05) is 26.4 Å². The minimum absolute atomic E-state index is 0.101. The molecule has 0 aromatic rings. The van der Waals surface area contributed by atoms with Gasteiger partial charge in [0.15, 0.2) is 11.6 Å². The number of rotatable bonds is 12. The molecule has 0 aliphatic heterocycles.